The minimum atomic E-state index is -0.508. The van der Waals surface area contributed by atoms with Crippen molar-refractivity contribution in [3.8, 4) is 31.7 Å². The fourth-order valence-electron chi connectivity index (χ4n) is 3.63. The summed E-state index contributed by atoms with van der Waals surface area (Å²) in [5, 5.41) is 26.2. The molecular formula is C32H36Cl2N6O6S3. The largest absolute Gasteiger partial charge is 0.461 e. The molecule has 262 valence electrons. The first-order valence-electron chi connectivity index (χ1n) is 14.2. The van der Waals surface area contributed by atoms with Gasteiger partial charge in [-0.2, -0.15) is 15.3 Å². The fraction of sp³-hybridized carbons (Fsp3) is 0.250. The first kappa shape index (κ1) is 40.9. The average molecular weight is 768 g/mol. The second kappa shape index (κ2) is 21.6. The van der Waals surface area contributed by atoms with Crippen molar-refractivity contribution in [2.24, 2.45) is 0 Å². The van der Waals surface area contributed by atoms with E-state index in [1.54, 1.807) is 55.6 Å². The number of halogens is 2. The van der Waals surface area contributed by atoms with E-state index >= 15 is 0 Å². The zero-order chi connectivity index (χ0) is 34.9. The second-order valence-corrected chi connectivity index (χ2v) is 11.9. The molecule has 6 aromatic rings. The smallest absolute Gasteiger partial charge is 0.360 e. The third-order valence-electron chi connectivity index (χ3n) is 5.64. The van der Waals surface area contributed by atoms with E-state index in [9.17, 15) is 14.4 Å². The highest BCUT2D eigenvalue weighted by molar-refractivity contribution is 7.14. The van der Waals surface area contributed by atoms with Crippen LogP contribution in [0.4, 0.5) is 0 Å². The van der Waals surface area contributed by atoms with E-state index in [4.69, 9.17) is 25.8 Å². The van der Waals surface area contributed by atoms with Gasteiger partial charge in [-0.3, -0.25) is 15.3 Å². The van der Waals surface area contributed by atoms with E-state index in [1.165, 1.54) is 17.7 Å². The van der Waals surface area contributed by atoms with Crippen LogP contribution in [0.1, 0.15) is 59.7 Å². The van der Waals surface area contributed by atoms with E-state index < -0.39 is 17.9 Å². The Labute approximate surface area is 305 Å². The van der Waals surface area contributed by atoms with Gasteiger partial charge in [0.2, 0.25) is 0 Å². The van der Waals surface area contributed by atoms with Crippen molar-refractivity contribution < 1.29 is 28.6 Å². The summed E-state index contributed by atoms with van der Waals surface area (Å²) in [6.45, 7) is 6.30. The van der Waals surface area contributed by atoms with Crippen LogP contribution in [0, 0.1) is 0 Å². The SMILES string of the molecule is C.CCOC(=O)c1cc(-c2cccs2)[nH]n1.CCOC(=O)c1cc(-c2cccs2)[nH]n1.CCOC(=O)c1n[nH]c(-c2cccs2)c1Cl.CCl. The molecule has 0 amide bonds. The number of nitrogens with zero attached hydrogens (tertiary/aromatic N) is 3. The van der Waals surface area contributed by atoms with Crippen molar-refractivity contribution in [1.82, 2.24) is 30.6 Å². The number of carbonyl (C=O) groups excluding carboxylic acids is 3. The molecule has 0 radical (unpaired) electrons. The topological polar surface area (TPSA) is 165 Å². The monoisotopic (exact) mass is 766 g/mol. The van der Waals surface area contributed by atoms with Gasteiger partial charge >= 0.3 is 17.9 Å². The Morgan fingerprint density at radius 3 is 1.45 bits per heavy atom. The van der Waals surface area contributed by atoms with Crippen LogP contribution in [-0.2, 0) is 14.2 Å². The minimum absolute atomic E-state index is 0. The highest BCUT2D eigenvalue weighted by Gasteiger charge is 2.20. The number of aromatic nitrogens is 6. The molecule has 17 heteroatoms. The van der Waals surface area contributed by atoms with E-state index in [0.717, 1.165) is 26.0 Å². The number of thiophene rings is 3. The lowest BCUT2D eigenvalue weighted by Gasteiger charge is -1.97. The lowest BCUT2D eigenvalue weighted by atomic mass is 10.3. The van der Waals surface area contributed by atoms with Crippen LogP contribution in [-0.4, -0.2) is 74.7 Å². The Kier molecular flexibility index (Phi) is 18.1. The molecule has 0 aromatic carbocycles. The molecule has 6 heterocycles. The maximum atomic E-state index is 11.5. The average Bonchev–Trinajstić information content (AvgIpc) is 3.94. The molecule has 0 spiro atoms. The van der Waals surface area contributed by atoms with Crippen LogP contribution < -0.4 is 0 Å². The number of hydrogen-bond acceptors (Lipinski definition) is 12. The Morgan fingerprint density at radius 2 is 1.06 bits per heavy atom. The molecule has 12 nitrogen and oxygen atoms in total. The second-order valence-electron chi connectivity index (χ2n) is 8.69. The predicted molar refractivity (Wildman–Crippen MR) is 197 cm³/mol. The number of rotatable bonds is 9. The maximum absolute atomic E-state index is 11.5. The predicted octanol–water partition coefficient (Wildman–Crippen LogP) is 9.09. The number of esters is 3. The van der Waals surface area contributed by atoms with Gasteiger partial charge < -0.3 is 14.2 Å². The van der Waals surface area contributed by atoms with Gasteiger partial charge in [-0.1, -0.05) is 37.2 Å². The molecule has 0 aliphatic heterocycles. The van der Waals surface area contributed by atoms with Crippen LogP contribution in [0.2, 0.25) is 5.02 Å². The molecule has 0 unspecified atom stereocenters. The third-order valence-corrected chi connectivity index (χ3v) is 8.70. The van der Waals surface area contributed by atoms with Crippen LogP contribution in [0.25, 0.3) is 31.7 Å². The number of nitrogens with one attached hydrogen (secondary N) is 3. The highest BCUT2D eigenvalue weighted by atomic mass is 35.5. The first-order chi connectivity index (χ1) is 23.4. The molecule has 6 rings (SSSR count). The maximum Gasteiger partial charge on any atom is 0.360 e. The van der Waals surface area contributed by atoms with Crippen molar-refractivity contribution >= 4 is 75.1 Å². The lowest BCUT2D eigenvalue weighted by molar-refractivity contribution is 0.0510. The van der Waals surface area contributed by atoms with Crippen molar-refractivity contribution in [1.29, 1.82) is 0 Å². The summed E-state index contributed by atoms with van der Waals surface area (Å²) < 4.78 is 14.5. The van der Waals surface area contributed by atoms with Crippen LogP contribution in [0.3, 0.4) is 0 Å². The van der Waals surface area contributed by atoms with Crippen LogP contribution >= 0.6 is 57.2 Å². The first-order valence-corrected chi connectivity index (χ1v) is 18.0. The molecule has 0 saturated heterocycles. The number of H-pyrrole nitrogens is 3. The molecule has 0 aliphatic rings. The molecule has 0 aliphatic carbocycles. The highest BCUT2D eigenvalue weighted by Crippen LogP contribution is 2.31. The summed E-state index contributed by atoms with van der Waals surface area (Å²) >= 11 is 15.4. The van der Waals surface area contributed by atoms with E-state index in [2.05, 4.69) is 42.2 Å². The molecule has 0 bridgehead atoms. The van der Waals surface area contributed by atoms with Crippen molar-refractivity contribution in [2.75, 3.05) is 26.2 Å². The molecule has 49 heavy (non-hydrogen) atoms. The van der Waals surface area contributed by atoms with Gasteiger partial charge in [-0.15, -0.1) is 45.6 Å². The molecule has 6 aromatic heterocycles. The number of carbonyl (C=O) groups is 3. The summed E-state index contributed by atoms with van der Waals surface area (Å²) in [6.07, 6.45) is 1.47. The molecule has 0 saturated carbocycles. The Morgan fingerprint density at radius 1 is 0.653 bits per heavy atom. The molecule has 0 atom stereocenters. The summed E-state index contributed by atoms with van der Waals surface area (Å²) in [5.74, 6) is -1.29. The van der Waals surface area contributed by atoms with E-state index in [0.29, 0.717) is 41.9 Å². The van der Waals surface area contributed by atoms with Crippen LogP contribution in [0.15, 0.2) is 64.7 Å². The summed E-state index contributed by atoms with van der Waals surface area (Å²) in [7, 11) is 0. The standard InChI is InChI=1S/C10H9ClN2O2S.2C10H10N2O2S.CH3Cl.CH4/c1-2-15-10(14)9-7(11)8(12-13-9)6-4-3-5-16-6;2*1-2-14-10(13)8-6-7(11-12-8)9-4-3-5-15-9;1-2;/h3-5H,2H2,1H3,(H,12,13);2*3-6H,2H2,1H3,(H,11,12);1H3;1H4. The Hall–Kier alpha value is -4.28. The summed E-state index contributed by atoms with van der Waals surface area (Å²) in [5.41, 5.74) is 3.10. The van der Waals surface area contributed by atoms with Crippen molar-refractivity contribution in [3.63, 3.8) is 0 Å². The van der Waals surface area contributed by atoms with Gasteiger partial charge in [-0.05, 0) is 67.2 Å². The van der Waals surface area contributed by atoms with Gasteiger partial charge in [0.05, 0.1) is 51.5 Å². The third kappa shape index (κ3) is 11.7. The van der Waals surface area contributed by atoms with E-state index in [-0.39, 0.29) is 13.1 Å². The van der Waals surface area contributed by atoms with Crippen molar-refractivity contribution in [2.45, 2.75) is 28.2 Å². The van der Waals surface area contributed by atoms with Gasteiger partial charge in [0, 0.05) is 6.38 Å². The zero-order valence-electron chi connectivity index (χ0n) is 26.2. The van der Waals surface area contributed by atoms with E-state index in [1.807, 2.05) is 52.5 Å². The van der Waals surface area contributed by atoms with Gasteiger partial charge in [0.15, 0.2) is 17.1 Å². The summed E-state index contributed by atoms with van der Waals surface area (Å²) in [4.78, 5) is 37.2. The quantitative estimate of drug-likeness (QED) is 0.0739. The molecule has 3 N–H and O–H groups in total. The molecule has 0 fully saturated rings. The lowest BCUT2D eigenvalue weighted by Crippen LogP contribution is -2.05. The Balaban J connectivity index is 0.000000246. The zero-order valence-corrected chi connectivity index (χ0v) is 30.2. The van der Waals surface area contributed by atoms with Gasteiger partial charge in [-0.25, -0.2) is 14.4 Å². The fourth-order valence-corrected chi connectivity index (χ4v) is 6.06. The number of alkyl halides is 1. The van der Waals surface area contributed by atoms with Crippen molar-refractivity contribution in [3.05, 3.63) is 86.8 Å². The number of aromatic amines is 3. The van der Waals surface area contributed by atoms with Gasteiger partial charge in [0.1, 0.15) is 5.02 Å². The summed E-state index contributed by atoms with van der Waals surface area (Å²) in [6, 6.07) is 15.0. The normalized spacial score (nSPS) is 9.76. The number of hydrogen-bond donors (Lipinski definition) is 3. The Bertz CT molecular complexity index is 1730. The number of ether oxygens (including phenoxy) is 3. The minimum Gasteiger partial charge on any atom is -0.461 e. The molecular weight excluding hydrogens is 731 g/mol. The van der Waals surface area contributed by atoms with Gasteiger partial charge in [0.25, 0.3) is 0 Å². The van der Waals surface area contributed by atoms with Crippen LogP contribution in [0.5, 0.6) is 0 Å².